The predicted molar refractivity (Wildman–Crippen MR) is 64.6 cm³/mol. The van der Waals surface area contributed by atoms with E-state index in [-0.39, 0.29) is 23.0 Å². The second kappa shape index (κ2) is 5.19. The standard InChI is InChI=1S/C9H7Cl2N5O2/c10-5-1-6(11)9(18)7(2-5)13-8(17)3-16-4-12-14-15-16/h1-2,4,18H,3H2,(H,13,17). The Bertz CT molecular complexity index is 573. The van der Waals surface area contributed by atoms with Crippen LogP contribution in [0.5, 0.6) is 5.75 Å². The summed E-state index contributed by atoms with van der Waals surface area (Å²) in [6.07, 6.45) is 1.30. The van der Waals surface area contributed by atoms with Crippen LogP contribution >= 0.6 is 23.2 Å². The minimum absolute atomic E-state index is 0.0558. The fourth-order valence-electron chi connectivity index (χ4n) is 1.25. The first-order valence-electron chi connectivity index (χ1n) is 4.75. The quantitative estimate of drug-likeness (QED) is 0.831. The van der Waals surface area contributed by atoms with Crippen molar-refractivity contribution in [2.75, 3.05) is 5.32 Å². The molecule has 0 spiro atoms. The predicted octanol–water partition coefficient (Wildman–Crippen LogP) is 1.32. The van der Waals surface area contributed by atoms with Gasteiger partial charge in [-0.3, -0.25) is 4.79 Å². The number of aromatic hydroxyl groups is 1. The third-order valence-electron chi connectivity index (χ3n) is 2.00. The van der Waals surface area contributed by atoms with Crippen molar-refractivity contribution in [3.63, 3.8) is 0 Å². The zero-order chi connectivity index (χ0) is 13.1. The normalized spacial score (nSPS) is 10.3. The molecule has 0 saturated carbocycles. The second-order valence-corrected chi connectivity index (χ2v) is 4.18. The maximum absolute atomic E-state index is 11.6. The molecule has 0 fully saturated rings. The summed E-state index contributed by atoms with van der Waals surface area (Å²) >= 11 is 11.5. The molecule has 18 heavy (non-hydrogen) atoms. The molecule has 1 amide bonds. The SMILES string of the molecule is O=C(Cn1cnnn1)Nc1cc(Cl)cc(Cl)c1O. The molecule has 94 valence electrons. The van der Waals surface area contributed by atoms with Crippen molar-refractivity contribution in [3.05, 3.63) is 28.5 Å². The molecule has 0 saturated heterocycles. The van der Waals surface area contributed by atoms with Crippen molar-refractivity contribution >= 4 is 34.8 Å². The van der Waals surface area contributed by atoms with Gasteiger partial charge in [0.1, 0.15) is 12.9 Å². The maximum atomic E-state index is 11.6. The Labute approximate surface area is 111 Å². The van der Waals surface area contributed by atoms with E-state index in [4.69, 9.17) is 23.2 Å². The molecule has 7 nitrogen and oxygen atoms in total. The van der Waals surface area contributed by atoms with Gasteiger partial charge in [0.15, 0.2) is 5.75 Å². The number of carbonyl (C=O) groups excluding carboxylic acids is 1. The molecule has 0 unspecified atom stereocenters. The van der Waals surface area contributed by atoms with Gasteiger partial charge in [0.25, 0.3) is 0 Å². The first kappa shape index (κ1) is 12.6. The highest BCUT2D eigenvalue weighted by Crippen LogP contribution is 2.34. The number of tetrazole rings is 1. The lowest BCUT2D eigenvalue weighted by atomic mass is 10.3. The molecule has 9 heteroatoms. The largest absolute Gasteiger partial charge is 0.504 e. The Kier molecular flexibility index (Phi) is 3.63. The molecule has 0 radical (unpaired) electrons. The van der Waals surface area contributed by atoms with E-state index in [1.807, 2.05) is 0 Å². The van der Waals surface area contributed by atoms with Crippen LogP contribution < -0.4 is 5.32 Å². The highest BCUT2D eigenvalue weighted by atomic mass is 35.5. The van der Waals surface area contributed by atoms with Crippen molar-refractivity contribution in [2.24, 2.45) is 0 Å². The van der Waals surface area contributed by atoms with Crippen LogP contribution in [0.15, 0.2) is 18.5 Å². The number of benzene rings is 1. The number of amides is 1. The van der Waals surface area contributed by atoms with Crippen LogP contribution in [0.1, 0.15) is 0 Å². The van der Waals surface area contributed by atoms with E-state index in [1.165, 1.54) is 23.1 Å². The van der Waals surface area contributed by atoms with Crippen LogP contribution in [-0.2, 0) is 11.3 Å². The second-order valence-electron chi connectivity index (χ2n) is 3.34. The van der Waals surface area contributed by atoms with E-state index in [0.717, 1.165) is 0 Å². The third kappa shape index (κ3) is 2.88. The summed E-state index contributed by atoms with van der Waals surface area (Å²) in [6.45, 7) is -0.0867. The van der Waals surface area contributed by atoms with E-state index in [0.29, 0.717) is 5.02 Å². The number of carbonyl (C=O) groups is 1. The van der Waals surface area contributed by atoms with Crippen molar-refractivity contribution in [2.45, 2.75) is 6.54 Å². The molecule has 0 atom stereocenters. The van der Waals surface area contributed by atoms with E-state index in [9.17, 15) is 9.90 Å². The minimum Gasteiger partial charge on any atom is -0.504 e. The van der Waals surface area contributed by atoms with Gasteiger partial charge in [0, 0.05) is 5.02 Å². The Hall–Kier alpha value is -1.86. The zero-order valence-corrected chi connectivity index (χ0v) is 10.4. The first-order valence-corrected chi connectivity index (χ1v) is 5.50. The highest BCUT2D eigenvalue weighted by Gasteiger charge is 2.11. The smallest absolute Gasteiger partial charge is 0.246 e. The third-order valence-corrected chi connectivity index (χ3v) is 2.51. The van der Waals surface area contributed by atoms with Crippen LogP contribution in [0.2, 0.25) is 10.0 Å². The summed E-state index contributed by atoms with van der Waals surface area (Å²) in [6, 6.07) is 2.76. The Morgan fingerprint density at radius 3 is 2.89 bits per heavy atom. The molecular weight excluding hydrogens is 281 g/mol. The topological polar surface area (TPSA) is 92.9 Å². The lowest BCUT2D eigenvalue weighted by Gasteiger charge is -2.08. The molecule has 2 N–H and O–H groups in total. The molecular formula is C9H7Cl2N5O2. The highest BCUT2D eigenvalue weighted by molar-refractivity contribution is 6.36. The van der Waals surface area contributed by atoms with Gasteiger partial charge in [-0.1, -0.05) is 23.2 Å². The molecule has 0 aliphatic rings. The lowest BCUT2D eigenvalue weighted by Crippen LogP contribution is -2.19. The number of hydrogen-bond donors (Lipinski definition) is 2. The van der Waals surface area contributed by atoms with Gasteiger partial charge in [-0.05, 0) is 22.6 Å². The van der Waals surface area contributed by atoms with Gasteiger partial charge < -0.3 is 10.4 Å². The average Bonchev–Trinajstić information content (AvgIpc) is 2.77. The summed E-state index contributed by atoms with van der Waals surface area (Å²) in [7, 11) is 0. The van der Waals surface area contributed by atoms with Gasteiger partial charge in [0.2, 0.25) is 5.91 Å². The number of phenols is 1. The Balaban J connectivity index is 2.12. The van der Waals surface area contributed by atoms with Crippen molar-refractivity contribution in [1.29, 1.82) is 0 Å². The van der Waals surface area contributed by atoms with Gasteiger partial charge in [-0.2, -0.15) is 0 Å². The molecule has 1 aromatic carbocycles. The van der Waals surface area contributed by atoms with Crippen LogP contribution in [-0.4, -0.2) is 31.2 Å². The number of hydrogen-bond acceptors (Lipinski definition) is 5. The maximum Gasteiger partial charge on any atom is 0.246 e. The summed E-state index contributed by atoms with van der Waals surface area (Å²) in [5, 5.41) is 22.8. The van der Waals surface area contributed by atoms with Gasteiger partial charge in [-0.25, -0.2) is 4.68 Å². The number of anilines is 1. The van der Waals surface area contributed by atoms with Crippen molar-refractivity contribution in [3.8, 4) is 5.75 Å². The molecule has 0 aliphatic heterocycles. The zero-order valence-electron chi connectivity index (χ0n) is 8.84. The molecule has 2 aromatic rings. The molecule has 1 heterocycles. The van der Waals surface area contributed by atoms with E-state index < -0.39 is 5.91 Å². The Morgan fingerprint density at radius 2 is 2.22 bits per heavy atom. The number of rotatable bonds is 3. The molecule has 1 aromatic heterocycles. The van der Waals surface area contributed by atoms with Crippen molar-refractivity contribution in [1.82, 2.24) is 20.2 Å². The molecule has 2 rings (SSSR count). The number of halogens is 2. The van der Waals surface area contributed by atoms with Gasteiger partial charge >= 0.3 is 0 Å². The summed E-state index contributed by atoms with van der Waals surface area (Å²) in [5.74, 6) is -0.665. The van der Waals surface area contributed by atoms with Crippen LogP contribution in [0.4, 0.5) is 5.69 Å². The molecule has 0 aliphatic carbocycles. The van der Waals surface area contributed by atoms with Gasteiger partial charge in [0.05, 0.1) is 10.7 Å². The van der Waals surface area contributed by atoms with Crippen LogP contribution in [0, 0.1) is 0 Å². The number of aromatic nitrogens is 4. The number of nitrogens with zero attached hydrogens (tertiary/aromatic N) is 4. The average molecular weight is 288 g/mol. The Morgan fingerprint density at radius 1 is 1.44 bits per heavy atom. The van der Waals surface area contributed by atoms with E-state index in [2.05, 4.69) is 20.8 Å². The van der Waals surface area contributed by atoms with E-state index >= 15 is 0 Å². The van der Waals surface area contributed by atoms with Crippen LogP contribution in [0.25, 0.3) is 0 Å². The summed E-state index contributed by atoms with van der Waals surface area (Å²) < 4.78 is 1.23. The van der Waals surface area contributed by atoms with E-state index in [1.54, 1.807) is 0 Å². The molecule has 0 bridgehead atoms. The van der Waals surface area contributed by atoms with Crippen molar-refractivity contribution < 1.29 is 9.90 Å². The number of phenolic OH excluding ortho intramolecular Hbond substituents is 1. The minimum atomic E-state index is -0.420. The summed E-state index contributed by atoms with van der Waals surface area (Å²) in [5.41, 5.74) is 0.130. The summed E-state index contributed by atoms with van der Waals surface area (Å²) in [4.78, 5) is 11.6. The number of nitrogens with one attached hydrogen (secondary N) is 1. The van der Waals surface area contributed by atoms with Crippen LogP contribution in [0.3, 0.4) is 0 Å². The fourth-order valence-corrected chi connectivity index (χ4v) is 1.74. The fraction of sp³-hybridized carbons (Fsp3) is 0.111. The monoisotopic (exact) mass is 287 g/mol. The van der Waals surface area contributed by atoms with Gasteiger partial charge in [-0.15, -0.1) is 5.10 Å². The first-order chi connectivity index (χ1) is 8.56. The lowest BCUT2D eigenvalue weighted by molar-refractivity contribution is -0.116.